The van der Waals surface area contributed by atoms with E-state index in [0.29, 0.717) is 0 Å². The van der Waals surface area contributed by atoms with Gasteiger partial charge in [-0.3, -0.25) is 4.90 Å². The van der Waals surface area contributed by atoms with Crippen LogP contribution in [0.4, 0.5) is 0 Å². The predicted molar refractivity (Wildman–Crippen MR) is 95.6 cm³/mol. The molecule has 0 N–H and O–H groups in total. The molecule has 1 aliphatic rings. The number of nitrogens with zero attached hydrogens (tertiary/aromatic N) is 1. The number of furan rings is 1. The zero-order valence-corrected chi connectivity index (χ0v) is 14.3. The van der Waals surface area contributed by atoms with Crippen molar-refractivity contribution in [3.05, 3.63) is 69.6 Å². The Balaban J connectivity index is 1.56. The number of fused-ring (bicyclic) bond motifs is 1. The largest absolute Gasteiger partial charge is 0.464 e. The van der Waals surface area contributed by atoms with Crippen LogP contribution in [0.15, 0.2) is 51.6 Å². The van der Waals surface area contributed by atoms with E-state index in [-0.39, 0.29) is 0 Å². The lowest BCUT2D eigenvalue weighted by atomic mass is 10.0. The Morgan fingerprint density at radius 2 is 2.09 bits per heavy atom. The molecule has 1 heterocycles. The summed E-state index contributed by atoms with van der Waals surface area (Å²) in [5, 5.41) is 0. The second kappa shape index (κ2) is 7.12. The number of rotatable bonds is 5. The third kappa shape index (κ3) is 3.79. The van der Waals surface area contributed by atoms with E-state index in [9.17, 15) is 0 Å². The fourth-order valence-electron chi connectivity index (χ4n) is 2.71. The molecule has 0 radical (unpaired) electrons. The average Bonchev–Trinajstić information content (AvgIpc) is 2.93. The number of hydrogen-bond donors (Lipinski definition) is 0. The van der Waals surface area contributed by atoms with Crippen LogP contribution in [0.2, 0.25) is 0 Å². The van der Waals surface area contributed by atoms with E-state index < -0.39 is 0 Å². The minimum atomic E-state index is 0.922. The fraction of sp³-hybridized carbons (Fsp3) is 0.263. The van der Waals surface area contributed by atoms with E-state index >= 15 is 0 Å². The lowest BCUT2D eigenvalue weighted by Crippen LogP contribution is -2.18. The topological polar surface area (TPSA) is 16.4 Å². The highest BCUT2D eigenvalue weighted by molar-refractivity contribution is 9.10. The van der Waals surface area contributed by atoms with Gasteiger partial charge in [0.25, 0.3) is 0 Å². The van der Waals surface area contributed by atoms with Gasteiger partial charge in [0.05, 0.1) is 6.26 Å². The summed E-state index contributed by atoms with van der Waals surface area (Å²) < 4.78 is 6.75. The van der Waals surface area contributed by atoms with Crippen LogP contribution >= 0.6 is 15.9 Å². The maximum atomic E-state index is 5.64. The van der Waals surface area contributed by atoms with Crippen LogP contribution in [-0.4, -0.2) is 18.5 Å². The van der Waals surface area contributed by atoms with Crippen molar-refractivity contribution in [3.63, 3.8) is 0 Å². The number of allylic oxidation sites excluding steroid dienone is 1. The predicted octanol–water partition coefficient (Wildman–Crippen LogP) is 5.15. The lowest BCUT2D eigenvalue weighted by molar-refractivity contribution is 0.361. The van der Waals surface area contributed by atoms with Crippen LogP contribution in [0.25, 0.3) is 12.2 Å². The van der Waals surface area contributed by atoms with Gasteiger partial charge in [-0.2, -0.15) is 0 Å². The van der Waals surface area contributed by atoms with Crippen molar-refractivity contribution in [2.45, 2.75) is 19.4 Å². The van der Waals surface area contributed by atoms with Crippen LogP contribution in [-0.2, 0) is 13.0 Å². The van der Waals surface area contributed by atoms with Crippen molar-refractivity contribution in [2.75, 3.05) is 13.6 Å². The van der Waals surface area contributed by atoms with Crippen molar-refractivity contribution in [1.82, 2.24) is 4.90 Å². The lowest BCUT2D eigenvalue weighted by Gasteiger charge is -2.15. The third-order valence-corrected chi connectivity index (χ3v) is 4.41. The van der Waals surface area contributed by atoms with E-state index in [2.05, 4.69) is 76.4 Å². The molecule has 0 amide bonds. The first-order valence-corrected chi connectivity index (χ1v) is 8.38. The molecule has 114 valence electrons. The Bertz CT molecular complexity index is 682. The molecule has 0 aliphatic heterocycles. The second-order valence-electron chi connectivity index (χ2n) is 5.70. The van der Waals surface area contributed by atoms with E-state index in [1.54, 1.807) is 0 Å². The normalized spacial score (nSPS) is 14.0. The first kappa shape index (κ1) is 15.3. The Hall–Kier alpha value is -1.58. The van der Waals surface area contributed by atoms with Crippen molar-refractivity contribution < 1.29 is 4.42 Å². The van der Waals surface area contributed by atoms with E-state index in [1.807, 2.05) is 6.26 Å². The molecule has 0 saturated carbocycles. The first-order chi connectivity index (χ1) is 10.7. The van der Waals surface area contributed by atoms with E-state index in [4.69, 9.17) is 4.42 Å². The summed E-state index contributed by atoms with van der Waals surface area (Å²) in [6.45, 7) is 1.85. The molecule has 0 saturated heterocycles. The molecule has 1 aromatic carbocycles. The summed E-state index contributed by atoms with van der Waals surface area (Å²) in [5.74, 6) is 1.04. The van der Waals surface area contributed by atoms with Crippen LogP contribution in [0.5, 0.6) is 0 Å². The van der Waals surface area contributed by atoms with Gasteiger partial charge in [0.2, 0.25) is 0 Å². The minimum absolute atomic E-state index is 0.922. The SMILES string of the molecule is CN(C/C=C/c1ccc(Br)cc1)Cc1coc2c1CCC=C2. The maximum Gasteiger partial charge on any atom is 0.129 e. The second-order valence-corrected chi connectivity index (χ2v) is 6.61. The number of halogens is 1. The quantitative estimate of drug-likeness (QED) is 0.735. The maximum absolute atomic E-state index is 5.64. The molecule has 0 spiro atoms. The molecule has 0 fully saturated rings. The van der Waals surface area contributed by atoms with Crippen molar-refractivity contribution in [1.29, 1.82) is 0 Å². The first-order valence-electron chi connectivity index (χ1n) is 7.59. The highest BCUT2D eigenvalue weighted by Crippen LogP contribution is 2.25. The average molecular weight is 358 g/mol. The molecular weight excluding hydrogens is 338 g/mol. The van der Waals surface area contributed by atoms with Crippen molar-refractivity contribution in [2.24, 2.45) is 0 Å². The Labute approximate surface area is 140 Å². The van der Waals surface area contributed by atoms with Gasteiger partial charge in [0.1, 0.15) is 5.76 Å². The van der Waals surface area contributed by atoms with Crippen LogP contribution in [0.3, 0.4) is 0 Å². The molecule has 0 unspecified atom stereocenters. The fourth-order valence-corrected chi connectivity index (χ4v) is 2.97. The van der Waals surface area contributed by atoms with Gasteiger partial charge < -0.3 is 4.42 Å². The highest BCUT2D eigenvalue weighted by atomic mass is 79.9. The van der Waals surface area contributed by atoms with Gasteiger partial charge >= 0.3 is 0 Å². The molecule has 2 aromatic rings. The smallest absolute Gasteiger partial charge is 0.129 e. The summed E-state index contributed by atoms with van der Waals surface area (Å²) in [7, 11) is 2.14. The van der Waals surface area contributed by atoms with Gasteiger partial charge in [0.15, 0.2) is 0 Å². The molecule has 2 nitrogen and oxygen atoms in total. The summed E-state index contributed by atoms with van der Waals surface area (Å²) >= 11 is 3.45. The van der Waals surface area contributed by atoms with E-state index in [0.717, 1.165) is 36.2 Å². The molecule has 3 rings (SSSR count). The molecule has 1 aromatic heterocycles. The Kier molecular flexibility index (Phi) is 4.96. The number of likely N-dealkylation sites (N-methyl/N-ethyl adjacent to an activating group) is 1. The molecule has 3 heteroatoms. The molecule has 1 aliphatic carbocycles. The summed E-state index contributed by atoms with van der Waals surface area (Å²) in [4.78, 5) is 2.30. The number of benzene rings is 1. The highest BCUT2D eigenvalue weighted by Gasteiger charge is 2.14. The van der Waals surface area contributed by atoms with Crippen molar-refractivity contribution >= 4 is 28.1 Å². The standard InChI is InChI=1S/C19H20BrNO/c1-21(12-4-5-15-8-10-17(20)11-9-15)13-16-14-22-19-7-3-2-6-18(16)19/h3-5,7-11,14H,2,6,12-13H2,1H3/b5-4+. The molecule has 22 heavy (non-hydrogen) atoms. The Morgan fingerprint density at radius 1 is 1.27 bits per heavy atom. The molecular formula is C19H20BrNO. The Morgan fingerprint density at radius 3 is 2.91 bits per heavy atom. The van der Waals surface area contributed by atoms with Crippen LogP contribution in [0, 0.1) is 0 Å². The zero-order valence-electron chi connectivity index (χ0n) is 12.8. The van der Waals surface area contributed by atoms with Gasteiger partial charge in [0, 0.05) is 28.7 Å². The number of hydrogen-bond acceptors (Lipinski definition) is 2. The zero-order chi connectivity index (χ0) is 15.4. The third-order valence-electron chi connectivity index (χ3n) is 3.88. The summed E-state index contributed by atoms with van der Waals surface area (Å²) in [5.41, 5.74) is 3.92. The summed E-state index contributed by atoms with van der Waals surface area (Å²) in [6.07, 6.45) is 12.8. The van der Waals surface area contributed by atoms with Crippen LogP contribution < -0.4 is 0 Å². The van der Waals surface area contributed by atoms with Crippen molar-refractivity contribution in [3.8, 4) is 0 Å². The molecule has 0 atom stereocenters. The van der Waals surface area contributed by atoms with Gasteiger partial charge in [-0.15, -0.1) is 0 Å². The minimum Gasteiger partial charge on any atom is -0.464 e. The molecule has 0 bridgehead atoms. The van der Waals surface area contributed by atoms with E-state index in [1.165, 1.54) is 16.7 Å². The van der Waals surface area contributed by atoms with Gasteiger partial charge in [-0.1, -0.05) is 46.3 Å². The van der Waals surface area contributed by atoms with Gasteiger partial charge in [-0.05, 0) is 43.7 Å². The summed E-state index contributed by atoms with van der Waals surface area (Å²) in [6, 6.07) is 8.35. The monoisotopic (exact) mass is 357 g/mol. The van der Waals surface area contributed by atoms with Crippen LogP contribution in [0.1, 0.15) is 28.9 Å². The van der Waals surface area contributed by atoms with Gasteiger partial charge in [-0.25, -0.2) is 0 Å².